The fraction of sp³-hybridized carbons (Fsp3) is 0.467. The molecule has 0 heterocycles. The molecule has 21 heavy (non-hydrogen) atoms. The van der Waals surface area contributed by atoms with Crippen molar-refractivity contribution in [2.45, 2.75) is 20.3 Å². The predicted octanol–water partition coefficient (Wildman–Crippen LogP) is 2.81. The molecule has 0 atom stereocenters. The van der Waals surface area contributed by atoms with Gasteiger partial charge < -0.3 is 14.2 Å². The lowest BCUT2D eigenvalue weighted by molar-refractivity contribution is 0.171. The fourth-order valence-corrected chi connectivity index (χ4v) is 1.49. The van der Waals surface area contributed by atoms with Gasteiger partial charge in [-0.15, -0.1) is 0 Å². The van der Waals surface area contributed by atoms with E-state index >= 15 is 0 Å². The number of rotatable bonds is 7. The Morgan fingerprint density at radius 2 is 2.10 bits per heavy atom. The number of hydrazone groups is 1. The molecule has 0 aliphatic heterocycles. The lowest BCUT2D eigenvalue weighted by Gasteiger charge is -2.12. The molecule has 1 aromatic carbocycles. The van der Waals surface area contributed by atoms with Crippen LogP contribution in [0.4, 0.5) is 4.79 Å². The molecular weight excluding hydrogens is 272 g/mol. The van der Waals surface area contributed by atoms with Crippen LogP contribution in [0.25, 0.3) is 0 Å². The summed E-state index contributed by atoms with van der Waals surface area (Å²) >= 11 is 0. The van der Waals surface area contributed by atoms with Gasteiger partial charge in [-0.2, -0.15) is 5.10 Å². The molecule has 0 saturated carbocycles. The summed E-state index contributed by atoms with van der Waals surface area (Å²) in [5, 5.41) is 3.76. The zero-order chi connectivity index (χ0) is 15.7. The number of carbonyl (C=O) groups excluding carboxylic acids is 1. The van der Waals surface area contributed by atoms with Crippen LogP contribution in [0.3, 0.4) is 0 Å². The number of hydrogen-bond donors (Lipinski definition) is 1. The van der Waals surface area contributed by atoms with Crippen LogP contribution < -0.4 is 14.9 Å². The van der Waals surface area contributed by atoms with Gasteiger partial charge in [0.1, 0.15) is 0 Å². The Bertz CT molecular complexity index is 487. The second-order valence-corrected chi connectivity index (χ2v) is 4.80. The van der Waals surface area contributed by atoms with E-state index in [1.54, 1.807) is 13.2 Å². The van der Waals surface area contributed by atoms with E-state index in [0.717, 1.165) is 12.0 Å². The van der Waals surface area contributed by atoms with Crippen LogP contribution >= 0.6 is 0 Å². The molecular formula is C15H22N2O4. The number of benzene rings is 1. The number of methoxy groups -OCH3 is 2. The van der Waals surface area contributed by atoms with Crippen molar-refractivity contribution in [2.75, 3.05) is 20.8 Å². The van der Waals surface area contributed by atoms with Gasteiger partial charge in [-0.25, -0.2) is 10.2 Å². The van der Waals surface area contributed by atoms with E-state index in [1.165, 1.54) is 13.3 Å². The molecule has 0 saturated heterocycles. The highest BCUT2D eigenvalue weighted by Crippen LogP contribution is 2.27. The van der Waals surface area contributed by atoms with Crippen molar-refractivity contribution in [3.8, 4) is 11.5 Å². The molecule has 116 valence electrons. The molecule has 0 aliphatic carbocycles. The molecule has 0 unspecified atom stereocenters. The normalized spacial score (nSPS) is 10.7. The summed E-state index contributed by atoms with van der Waals surface area (Å²) in [4.78, 5) is 10.9. The number of nitrogens with zero attached hydrogens (tertiary/aromatic N) is 1. The highest BCUT2D eigenvalue weighted by molar-refractivity contribution is 5.82. The van der Waals surface area contributed by atoms with Gasteiger partial charge in [0.05, 0.1) is 27.0 Å². The van der Waals surface area contributed by atoms with Gasteiger partial charge in [-0.3, -0.25) is 0 Å². The minimum Gasteiger partial charge on any atom is -0.493 e. The van der Waals surface area contributed by atoms with Gasteiger partial charge in [-0.1, -0.05) is 13.8 Å². The van der Waals surface area contributed by atoms with Crippen molar-refractivity contribution in [3.63, 3.8) is 0 Å². The van der Waals surface area contributed by atoms with Crippen molar-refractivity contribution >= 4 is 12.3 Å². The number of nitrogens with one attached hydrogen (secondary N) is 1. The first-order valence-electron chi connectivity index (χ1n) is 6.74. The zero-order valence-corrected chi connectivity index (χ0v) is 12.9. The molecule has 0 fully saturated rings. The van der Waals surface area contributed by atoms with E-state index in [9.17, 15) is 4.79 Å². The van der Waals surface area contributed by atoms with Crippen molar-refractivity contribution < 1.29 is 19.0 Å². The Balaban J connectivity index is 2.67. The largest absolute Gasteiger partial charge is 0.493 e. The van der Waals surface area contributed by atoms with Crippen LogP contribution in [-0.4, -0.2) is 33.1 Å². The maximum absolute atomic E-state index is 10.9. The Hall–Kier alpha value is -2.24. The first kappa shape index (κ1) is 16.8. The Morgan fingerprint density at radius 1 is 1.33 bits per heavy atom. The Morgan fingerprint density at radius 3 is 2.71 bits per heavy atom. The van der Waals surface area contributed by atoms with Gasteiger partial charge in [0.25, 0.3) is 0 Å². The Labute approximate surface area is 125 Å². The van der Waals surface area contributed by atoms with E-state index < -0.39 is 6.09 Å². The molecule has 6 heteroatoms. The minimum absolute atomic E-state index is 0.590. The molecule has 0 aromatic heterocycles. The first-order valence-corrected chi connectivity index (χ1v) is 6.74. The third-order valence-corrected chi connectivity index (χ3v) is 2.70. The van der Waals surface area contributed by atoms with Gasteiger partial charge in [0, 0.05) is 0 Å². The topological polar surface area (TPSA) is 69.2 Å². The predicted molar refractivity (Wildman–Crippen MR) is 81.1 cm³/mol. The smallest absolute Gasteiger partial charge is 0.427 e. The number of carbonyl (C=O) groups is 1. The summed E-state index contributed by atoms with van der Waals surface area (Å²) in [5.74, 6) is 1.91. The summed E-state index contributed by atoms with van der Waals surface area (Å²) in [7, 11) is 2.86. The molecule has 1 N–H and O–H groups in total. The molecule has 1 rings (SSSR count). The van der Waals surface area contributed by atoms with E-state index in [0.29, 0.717) is 24.0 Å². The van der Waals surface area contributed by atoms with Gasteiger partial charge in [0.2, 0.25) is 0 Å². The zero-order valence-electron chi connectivity index (χ0n) is 12.9. The monoisotopic (exact) mass is 294 g/mol. The van der Waals surface area contributed by atoms with E-state index in [-0.39, 0.29) is 0 Å². The molecule has 0 bridgehead atoms. The molecule has 1 amide bonds. The SMILES string of the molecule is COC(=O)N/N=C/c1ccc(OCCC(C)C)c(OC)c1. The third-order valence-electron chi connectivity index (χ3n) is 2.70. The maximum atomic E-state index is 10.9. The highest BCUT2D eigenvalue weighted by atomic mass is 16.5. The lowest BCUT2D eigenvalue weighted by Crippen LogP contribution is -2.16. The van der Waals surface area contributed by atoms with Crippen LogP contribution in [0.15, 0.2) is 23.3 Å². The van der Waals surface area contributed by atoms with Crippen molar-refractivity contribution in [3.05, 3.63) is 23.8 Å². The standard InChI is InChI=1S/C15H22N2O4/c1-11(2)7-8-21-13-6-5-12(9-14(13)19-3)10-16-17-15(18)20-4/h5-6,9-11H,7-8H2,1-4H3,(H,17,18)/b16-10+. The maximum Gasteiger partial charge on any atom is 0.427 e. The number of hydrogen-bond acceptors (Lipinski definition) is 5. The average molecular weight is 294 g/mol. The van der Waals surface area contributed by atoms with Gasteiger partial charge in [0.15, 0.2) is 11.5 Å². The fourth-order valence-electron chi connectivity index (χ4n) is 1.49. The van der Waals surface area contributed by atoms with Gasteiger partial charge in [-0.05, 0) is 36.1 Å². The van der Waals surface area contributed by atoms with Crippen LogP contribution in [0.5, 0.6) is 11.5 Å². The Kier molecular flexibility index (Phi) is 7.08. The number of ether oxygens (including phenoxy) is 3. The minimum atomic E-state index is -0.619. The highest BCUT2D eigenvalue weighted by Gasteiger charge is 2.05. The summed E-state index contributed by atoms with van der Waals surface area (Å²) in [6.45, 7) is 4.94. The molecule has 0 spiro atoms. The van der Waals surface area contributed by atoms with Crippen LogP contribution in [0, 0.1) is 5.92 Å². The number of amides is 1. The second kappa shape index (κ2) is 8.84. The van der Waals surface area contributed by atoms with Crippen molar-refractivity contribution in [1.29, 1.82) is 0 Å². The summed E-state index contributed by atoms with van der Waals surface area (Å²) in [6, 6.07) is 5.43. The van der Waals surface area contributed by atoms with Crippen molar-refractivity contribution in [2.24, 2.45) is 11.0 Å². The average Bonchev–Trinajstić information content (AvgIpc) is 2.47. The first-order chi connectivity index (χ1) is 10.1. The van der Waals surface area contributed by atoms with Gasteiger partial charge >= 0.3 is 6.09 Å². The quantitative estimate of drug-likeness (QED) is 0.620. The van der Waals surface area contributed by atoms with E-state index in [2.05, 4.69) is 29.1 Å². The molecule has 0 aliphatic rings. The third kappa shape index (κ3) is 6.16. The summed E-state index contributed by atoms with van der Waals surface area (Å²) in [5.41, 5.74) is 2.99. The van der Waals surface area contributed by atoms with E-state index in [1.807, 2.05) is 12.1 Å². The second-order valence-electron chi connectivity index (χ2n) is 4.80. The van der Waals surface area contributed by atoms with Crippen LogP contribution in [0.2, 0.25) is 0 Å². The van der Waals surface area contributed by atoms with Crippen molar-refractivity contribution in [1.82, 2.24) is 5.43 Å². The van der Waals surface area contributed by atoms with Crippen LogP contribution in [-0.2, 0) is 4.74 Å². The summed E-state index contributed by atoms with van der Waals surface area (Å²) in [6.07, 6.45) is 1.86. The molecule has 0 radical (unpaired) electrons. The van der Waals surface area contributed by atoms with E-state index in [4.69, 9.17) is 9.47 Å². The summed E-state index contributed by atoms with van der Waals surface area (Å²) < 4.78 is 15.4. The lowest BCUT2D eigenvalue weighted by atomic mass is 10.1. The van der Waals surface area contributed by atoms with Crippen LogP contribution in [0.1, 0.15) is 25.8 Å². The molecule has 6 nitrogen and oxygen atoms in total. The molecule has 1 aromatic rings.